The van der Waals surface area contributed by atoms with Gasteiger partial charge in [0.1, 0.15) is 0 Å². The van der Waals surface area contributed by atoms with Crippen molar-refractivity contribution >= 4 is 11.9 Å². The van der Waals surface area contributed by atoms with E-state index >= 15 is 0 Å². The average Bonchev–Trinajstić information content (AvgIpc) is 2.69. The molecular weight excluding hydrogens is 356 g/mol. The van der Waals surface area contributed by atoms with Crippen LogP contribution < -0.4 is 0 Å². The van der Waals surface area contributed by atoms with Gasteiger partial charge in [0, 0.05) is 6.61 Å². The van der Waals surface area contributed by atoms with E-state index in [9.17, 15) is 9.59 Å². The molecular formula is C23H44O5. The number of hydrogen-bond acceptors (Lipinski definition) is 5. The van der Waals surface area contributed by atoms with Crippen molar-refractivity contribution in [2.45, 2.75) is 111 Å². The van der Waals surface area contributed by atoms with Gasteiger partial charge in [0.05, 0.1) is 19.1 Å². The fraction of sp³-hybridized carbons (Fsp3) is 0.913. The highest BCUT2D eigenvalue weighted by molar-refractivity contribution is 5.83. The van der Waals surface area contributed by atoms with Gasteiger partial charge in [-0.1, -0.05) is 78.1 Å². The standard InChI is InChI=1S/C23H44O5/c1-5-8-10-12-14-16-18-27-22(24)20(4)21(26-7-3)23(25)28-19-17-15-13-11-9-6-2/h20-21H,5-19H2,1-4H3. The third-order valence-electron chi connectivity index (χ3n) is 4.89. The number of carbonyl (C=O) groups excluding carboxylic acids is 2. The second kappa shape index (κ2) is 19.2. The molecule has 166 valence electrons. The fourth-order valence-electron chi connectivity index (χ4n) is 3.04. The number of carbonyl (C=O) groups is 2. The normalized spacial score (nSPS) is 13.1. The highest BCUT2D eigenvalue weighted by Crippen LogP contribution is 2.14. The summed E-state index contributed by atoms with van der Waals surface area (Å²) in [6, 6.07) is 0. The van der Waals surface area contributed by atoms with E-state index in [-0.39, 0.29) is 5.97 Å². The Morgan fingerprint density at radius 2 is 1.07 bits per heavy atom. The molecule has 0 heterocycles. The molecule has 5 nitrogen and oxygen atoms in total. The van der Waals surface area contributed by atoms with Crippen LogP contribution in [0.15, 0.2) is 0 Å². The first-order valence-corrected chi connectivity index (χ1v) is 11.5. The van der Waals surface area contributed by atoms with Crippen LogP contribution in [0.3, 0.4) is 0 Å². The SMILES string of the molecule is CCCCCCCCOC(=O)C(C)C(OCC)C(=O)OCCCCCCCC. The van der Waals surface area contributed by atoms with Crippen molar-refractivity contribution < 1.29 is 23.8 Å². The molecule has 0 rings (SSSR count). The lowest BCUT2D eigenvalue weighted by Crippen LogP contribution is -2.38. The Balaban J connectivity index is 4.10. The van der Waals surface area contributed by atoms with Gasteiger partial charge >= 0.3 is 11.9 Å². The molecule has 28 heavy (non-hydrogen) atoms. The van der Waals surface area contributed by atoms with Gasteiger partial charge in [-0.3, -0.25) is 4.79 Å². The molecule has 5 heteroatoms. The fourth-order valence-corrected chi connectivity index (χ4v) is 3.04. The molecule has 0 saturated heterocycles. The van der Waals surface area contributed by atoms with E-state index in [1.165, 1.54) is 51.4 Å². The molecule has 0 aliphatic rings. The van der Waals surface area contributed by atoms with Crippen LogP contribution in [0, 0.1) is 5.92 Å². The van der Waals surface area contributed by atoms with Crippen LogP contribution in [0.1, 0.15) is 105 Å². The number of ether oxygens (including phenoxy) is 3. The summed E-state index contributed by atoms with van der Waals surface area (Å²) in [7, 11) is 0. The summed E-state index contributed by atoms with van der Waals surface area (Å²) >= 11 is 0. The molecule has 0 fully saturated rings. The Kier molecular flexibility index (Phi) is 18.5. The van der Waals surface area contributed by atoms with Crippen molar-refractivity contribution in [2.24, 2.45) is 5.92 Å². The van der Waals surface area contributed by atoms with E-state index in [4.69, 9.17) is 14.2 Å². The van der Waals surface area contributed by atoms with Gasteiger partial charge in [-0.15, -0.1) is 0 Å². The third-order valence-corrected chi connectivity index (χ3v) is 4.89. The Morgan fingerprint density at radius 3 is 1.54 bits per heavy atom. The van der Waals surface area contributed by atoms with E-state index in [2.05, 4.69) is 13.8 Å². The quantitative estimate of drug-likeness (QED) is 0.201. The molecule has 0 spiro atoms. The first-order chi connectivity index (χ1) is 13.6. The van der Waals surface area contributed by atoms with Gasteiger partial charge < -0.3 is 14.2 Å². The summed E-state index contributed by atoms with van der Waals surface area (Å²) in [5.41, 5.74) is 0. The Hall–Kier alpha value is -1.10. The van der Waals surface area contributed by atoms with E-state index in [0.29, 0.717) is 19.8 Å². The average molecular weight is 401 g/mol. The molecule has 0 saturated carbocycles. The van der Waals surface area contributed by atoms with Gasteiger partial charge in [-0.25, -0.2) is 4.79 Å². The van der Waals surface area contributed by atoms with E-state index in [1.807, 2.05) is 6.92 Å². The minimum atomic E-state index is -0.887. The maximum absolute atomic E-state index is 12.3. The molecule has 0 radical (unpaired) electrons. The minimum absolute atomic E-state index is 0.353. The van der Waals surface area contributed by atoms with Gasteiger partial charge in [0.2, 0.25) is 0 Å². The van der Waals surface area contributed by atoms with Gasteiger partial charge in [-0.05, 0) is 26.7 Å². The largest absolute Gasteiger partial charge is 0.465 e. The first-order valence-electron chi connectivity index (χ1n) is 11.5. The lowest BCUT2D eigenvalue weighted by Gasteiger charge is -2.21. The molecule has 0 aromatic carbocycles. The lowest BCUT2D eigenvalue weighted by molar-refractivity contribution is -0.170. The smallest absolute Gasteiger partial charge is 0.336 e. The van der Waals surface area contributed by atoms with Gasteiger partial charge in [0.15, 0.2) is 6.10 Å². The second-order valence-corrected chi connectivity index (χ2v) is 7.54. The lowest BCUT2D eigenvalue weighted by atomic mass is 10.1. The number of hydrogen-bond donors (Lipinski definition) is 0. The Morgan fingerprint density at radius 1 is 0.643 bits per heavy atom. The van der Waals surface area contributed by atoms with Gasteiger partial charge in [0.25, 0.3) is 0 Å². The van der Waals surface area contributed by atoms with E-state index in [1.54, 1.807) is 6.92 Å². The molecule has 2 unspecified atom stereocenters. The molecule has 0 N–H and O–H groups in total. The minimum Gasteiger partial charge on any atom is -0.465 e. The predicted octanol–water partition coefficient (Wildman–Crippen LogP) is 5.84. The summed E-state index contributed by atoms with van der Waals surface area (Å²) in [6.07, 6.45) is 12.7. The van der Waals surface area contributed by atoms with Crippen molar-refractivity contribution in [3.05, 3.63) is 0 Å². The summed E-state index contributed by atoms with van der Waals surface area (Å²) in [4.78, 5) is 24.6. The molecule has 0 aromatic rings. The van der Waals surface area contributed by atoms with E-state index in [0.717, 1.165) is 25.7 Å². The van der Waals surface area contributed by atoms with Crippen LogP contribution in [0.4, 0.5) is 0 Å². The second-order valence-electron chi connectivity index (χ2n) is 7.54. The van der Waals surface area contributed by atoms with Crippen molar-refractivity contribution in [1.82, 2.24) is 0 Å². The Labute approximate surface area is 172 Å². The van der Waals surface area contributed by atoms with Gasteiger partial charge in [-0.2, -0.15) is 0 Å². The Bertz CT molecular complexity index is 383. The molecule has 2 atom stereocenters. The highest BCUT2D eigenvalue weighted by Gasteiger charge is 2.33. The maximum atomic E-state index is 12.3. The van der Waals surface area contributed by atoms with E-state index < -0.39 is 18.0 Å². The van der Waals surface area contributed by atoms with Crippen LogP contribution in [0.25, 0.3) is 0 Å². The molecule has 0 aromatic heterocycles. The molecule has 0 bridgehead atoms. The summed E-state index contributed by atoms with van der Waals surface area (Å²) in [5.74, 6) is -1.50. The van der Waals surface area contributed by atoms with Crippen molar-refractivity contribution in [3.8, 4) is 0 Å². The predicted molar refractivity (Wildman–Crippen MR) is 113 cm³/mol. The topological polar surface area (TPSA) is 61.8 Å². The summed E-state index contributed by atoms with van der Waals surface area (Å²) in [5, 5.41) is 0. The number of esters is 2. The van der Waals surface area contributed by atoms with Crippen LogP contribution in [0.5, 0.6) is 0 Å². The maximum Gasteiger partial charge on any atom is 0.336 e. The monoisotopic (exact) mass is 400 g/mol. The van der Waals surface area contributed by atoms with Crippen LogP contribution >= 0.6 is 0 Å². The van der Waals surface area contributed by atoms with Crippen LogP contribution in [0.2, 0.25) is 0 Å². The van der Waals surface area contributed by atoms with Crippen molar-refractivity contribution in [1.29, 1.82) is 0 Å². The van der Waals surface area contributed by atoms with Crippen LogP contribution in [-0.2, 0) is 23.8 Å². The molecule has 0 amide bonds. The zero-order chi connectivity index (χ0) is 21.0. The zero-order valence-corrected chi connectivity index (χ0v) is 18.8. The first kappa shape index (κ1) is 26.9. The summed E-state index contributed by atoms with van der Waals surface area (Å²) < 4.78 is 16.2. The zero-order valence-electron chi connectivity index (χ0n) is 18.8. The highest BCUT2D eigenvalue weighted by atomic mass is 16.6. The summed E-state index contributed by atoms with van der Waals surface area (Å²) in [6.45, 7) is 9.01. The number of unbranched alkanes of at least 4 members (excludes halogenated alkanes) is 10. The number of rotatable bonds is 19. The third kappa shape index (κ3) is 14.0. The molecule has 0 aliphatic heterocycles. The molecule has 0 aliphatic carbocycles. The van der Waals surface area contributed by atoms with Crippen LogP contribution in [-0.4, -0.2) is 37.9 Å². The van der Waals surface area contributed by atoms with Crippen molar-refractivity contribution in [2.75, 3.05) is 19.8 Å². The van der Waals surface area contributed by atoms with Crippen molar-refractivity contribution in [3.63, 3.8) is 0 Å².